The lowest BCUT2D eigenvalue weighted by molar-refractivity contribution is 0.328. The average Bonchev–Trinajstić information content (AvgIpc) is 2.53. The number of aryl methyl sites for hydroxylation is 1. The fourth-order valence-electron chi connectivity index (χ4n) is 1.85. The van der Waals surface area contributed by atoms with E-state index in [1.54, 1.807) is 7.11 Å². The second-order valence-electron chi connectivity index (χ2n) is 4.79. The van der Waals surface area contributed by atoms with Crippen molar-refractivity contribution in [2.24, 2.45) is 10.7 Å². The lowest BCUT2D eigenvalue weighted by atomic mass is 10.2. The van der Waals surface area contributed by atoms with E-state index in [-0.39, 0.29) is 24.0 Å². The zero-order chi connectivity index (χ0) is 15.8. The van der Waals surface area contributed by atoms with E-state index in [1.807, 2.05) is 55.5 Å². The van der Waals surface area contributed by atoms with Crippen LogP contribution >= 0.6 is 24.0 Å². The molecule has 2 aromatic rings. The first-order valence-corrected chi connectivity index (χ1v) is 7.08. The van der Waals surface area contributed by atoms with Crippen LogP contribution in [0.2, 0.25) is 0 Å². The normalized spacial score (nSPS) is 10.6. The Morgan fingerprint density at radius 1 is 1.13 bits per heavy atom. The molecule has 0 heterocycles. The van der Waals surface area contributed by atoms with Gasteiger partial charge < -0.3 is 20.5 Å². The summed E-state index contributed by atoms with van der Waals surface area (Å²) in [4.78, 5) is 4.23. The summed E-state index contributed by atoms with van der Waals surface area (Å²) in [5, 5.41) is 3.01. The monoisotopic (exact) mass is 427 g/mol. The van der Waals surface area contributed by atoms with Crippen molar-refractivity contribution in [2.75, 3.05) is 25.6 Å². The van der Waals surface area contributed by atoms with Gasteiger partial charge in [-0.3, -0.25) is 0 Å². The molecule has 2 aromatic carbocycles. The van der Waals surface area contributed by atoms with E-state index in [2.05, 4.69) is 10.3 Å². The van der Waals surface area contributed by atoms with Gasteiger partial charge in [-0.25, -0.2) is 4.99 Å². The van der Waals surface area contributed by atoms with Crippen molar-refractivity contribution < 1.29 is 9.47 Å². The summed E-state index contributed by atoms with van der Waals surface area (Å²) in [6.45, 7) is 3.00. The number of rotatable bonds is 6. The molecule has 0 atom stereocenters. The molecule has 0 fully saturated rings. The summed E-state index contributed by atoms with van der Waals surface area (Å²) in [5.41, 5.74) is 7.88. The quantitative estimate of drug-likeness (QED) is 0.321. The van der Waals surface area contributed by atoms with E-state index in [9.17, 15) is 0 Å². The van der Waals surface area contributed by atoms with Gasteiger partial charge in [-0.05, 0) is 31.2 Å². The van der Waals surface area contributed by atoms with Gasteiger partial charge in [-0.15, -0.1) is 24.0 Å². The number of aliphatic imine (C=N–C) groups is 1. The van der Waals surface area contributed by atoms with E-state index in [0.717, 1.165) is 17.2 Å². The second kappa shape index (κ2) is 9.94. The summed E-state index contributed by atoms with van der Waals surface area (Å²) in [7, 11) is 1.62. The number of anilines is 1. The Hall–Kier alpha value is -1.96. The second-order valence-corrected chi connectivity index (χ2v) is 4.79. The van der Waals surface area contributed by atoms with E-state index in [0.29, 0.717) is 19.1 Å². The van der Waals surface area contributed by atoms with Crippen molar-refractivity contribution in [1.82, 2.24) is 0 Å². The Bertz CT molecular complexity index is 630. The standard InChI is InChI=1S/C17H21N3O2.HI/c1-13-6-8-15(9-7-13)22-11-10-19-17(18)20-14-4-3-5-16(12-14)21-2;/h3-9,12H,10-11H2,1-2H3,(H3,18,19,20);1H. The van der Waals surface area contributed by atoms with Crippen LogP contribution in [0.15, 0.2) is 53.5 Å². The lowest BCUT2D eigenvalue weighted by Gasteiger charge is -2.08. The summed E-state index contributed by atoms with van der Waals surface area (Å²) in [6, 6.07) is 15.4. The van der Waals surface area contributed by atoms with Gasteiger partial charge in [-0.2, -0.15) is 0 Å². The number of guanidine groups is 1. The number of nitrogens with zero attached hydrogens (tertiary/aromatic N) is 1. The molecule has 6 heteroatoms. The molecular formula is C17H22IN3O2. The maximum atomic E-state index is 5.84. The topological polar surface area (TPSA) is 68.9 Å². The lowest BCUT2D eigenvalue weighted by Crippen LogP contribution is -2.23. The molecule has 0 bridgehead atoms. The first-order chi connectivity index (χ1) is 10.7. The van der Waals surface area contributed by atoms with Crippen LogP contribution in [0.25, 0.3) is 0 Å². The van der Waals surface area contributed by atoms with Gasteiger partial charge in [0, 0.05) is 11.8 Å². The highest BCUT2D eigenvalue weighted by Gasteiger charge is 1.98. The number of halogens is 1. The molecule has 124 valence electrons. The van der Waals surface area contributed by atoms with Crippen LogP contribution in [-0.2, 0) is 0 Å². The number of nitrogens with one attached hydrogen (secondary N) is 1. The molecular weight excluding hydrogens is 405 g/mol. The fourth-order valence-corrected chi connectivity index (χ4v) is 1.85. The average molecular weight is 427 g/mol. The van der Waals surface area contributed by atoms with Crippen LogP contribution in [0.4, 0.5) is 5.69 Å². The molecule has 2 rings (SSSR count). The van der Waals surface area contributed by atoms with Crippen LogP contribution in [0.1, 0.15) is 5.56 Å². The highest BCUT2D eigenvalue weighted by Crippen LogP contribution is 2.16. The number of benzene rings is 2. The maximum Gasteiger partial charge on any atom is 0.193 e. The predicted molar refractivity (Wildman–Crippen MR) is 105 cm³/mol. The van der Waals surface area contributed by atoms with E-state index in [1.165, 1.54) is 5.56 Å². The van der Waals surface area contributed by atoms with Crippen molar-refractivity contribution in [3.05, 3.63) is 54.1 Å². The molecule has 5 nitrogen and oxygen atoms in total. The smallest absolute Gasteiger partial charge is 0.193 e. The van der Waals surface area contributed by atoms with Crippen LogP contribution in [-0.4, -0.2) is 26.2 Å². The van der Waals surface area contributed by atoms with Gasteiger partial charge in [-0.1, -0.05) is 23.8 Å². The number of methoxy groups -OCH3 is 1. The Morgan fingerprint density at radius 2 is 1.87 bits per heavy atom. The molecule has 0 aromatic heterocycles. The van der Waals surface area contributed by atoms with Crippen LogP contribution in [0.5, 0.6) is 11.5 Å². The van der Waals surface area contributed by atoms with Crippen molar-refractivity contribution in [3.8, 4) is 11.5 Å². The van der Waals surface area contributed by atoms with Crippen molar-refractivity contribution in [1.29, 1.82) is 0 Å². The minimum absolute atomic E-state index is 0. The molecule has 0 aliphatic rings. The Labute approximate surface area is 153 Å². The molecule has 0 amide bonds. The molecule has 0 aliphatic carbocycles. The van der Waals surface area contributed by atoms with Gasteiger partial charge in [0.2, 0.25) is 0 Å². The molecule has 23 heavy (non-hydrogen) atoms. The number of ether oxygens (including phenoxy) is 2. The largest absolute Gasteiger partial charge is 0.497 e. The van der Waals surface area contributed by atoms with Crippen molar-refractivity contribution in [3.63, 3.8) is 0 Å². The zero-order valence-corrected chi connectivity index (χ0v) is 15.6. The van der Waals surface area contributed by atoms with Gasteiger partial charge in [0.05, 0.1) is 13.7 Å². The van der Waals surface area contributed by atoms with Crippen molar-refractivity contribution in [2.45, 2.75) is 6.92 Å². The first-order valence-electron chi connectivity index (χ1n) is 7.08. The first kappa shape index (κ1) is 19.1. The highest BCUT2D eigenvalue weighted by atomic mass is 127. The molecule has 3 N–H and O–H groups in total. The van der Waals surface area contributed by atoms with Crippen LogP contribution in [0, 0.1) is 6.92 Å². The van der Waals surface area contributed by atoms with E-state index < -0.39 is 0 Å². The van der Waals surface area contributed by atoms with Crippen molar-refractivity contribution >= 4 is 35.6 Å². The van der Waals surface area contributed by atoms with Gasteiger partial charge in [0.1, 0.15) is 18.1 Å². The summed E-state index contributed by atoms with van der Waals surface area (Å²) in [5.74, 6) is 1.95. The molecule has 0 aliphatic heterocycles. The number of nitrogens with two attached hydrogens (primary N) is 1. The third-order valence-corrected chi connectivity index (χ3v) is 3.01. The number of hydrogen-bond donors (Lipinski definition) is 2. The van der Waals surface area contributed by atoms with Gasteiger partial charge in [0.25, 0.3) is 0 Å². The summed E-state index contributed by atoms with van der Waals surface area (Å²) < 4.78 is 10.7. The van der Waals surface area contributed by atoms with Gasteiger partial charge in [0.15, 0.2) is 5.96 Å². The highest BCUT2D eigenvalue weighted by molar-refractivity contribution is 14.0. The zero-order valence-electron chi connectivity index (χ0n) is 13.3. The SMILES string of the molecule is COc1cccc(NC(N)=NCCOc2ccc(C)cc2)c1.I. The third kappa shape index (κ3) is 6.77. The van der Waals surface area contributed by atoms with Crippen LogP contribution < -0.4 is 20.5 Å². The Kier molecular flexibility index (Phi) is 8.25. The predicted octanol–water partition coefficient (Wildman–Crippen LogP) is 3.43. The molecule has 0 saturated carbocycles. The molecule has 0 saturated heterocycles. The minimum Gasteiger partial charge on any atom is -0.497 e. The third-order valence-electron chi connectivity index (χ3n) is 3.01. The molecule has 0 radical (unpaired) electrons. The van der Waals surface area contributed by atoms with Gasteiger partial charge >= 0.3 is 0 Å². The van der Waals surface area contributed by atoms with Crippen LogP contribution in [0.3, 0.4) is 0 Å². The Morgan fingerprint density at radius 3 is 2.57 bits per heavy atom. The minimum atomic E-state index is 0. The van der Waals surface area contributed by atoms with E-state index >= 15 is 0 Å². The Balaban J connectivity index is 0.00000264. The fraction of sp³-hybridized carbons (Fsp3) is 0.235. The summed E-state index contributed by atoms with van der Waals surface area (Å²) >= 11 is 0. The molecule has 0 unspecified atom stereocenters. The molecule has 0 spiro atoms. The van der Waals surface area contributed by atoms with E-state index in [4.69, 9.17) is 15.2 Å². The number of hydrogen-bond acceptors (Lipinski definition) is 3. The summed E-state index contributed by atoms with van der Waals surface area (Å²) in [6.07, 6.45) is 0. The maximum absolute atomic E-state index is 5.84.